The van der Waals surface area contributed by atoms with E-state index in [1.807, 2.05) is 0 Å². The third kappa shape index (κ3) is 2.54. The fourth-order valence-electron chi connectivity index (χ4n) is 1.99. The van der Waals surface area contributed by atoms with Gasteiger partial charge in [0.15, 0.2) is 0 Å². The average Bonchev–Trinajstić information content (AvgIpc) is 2.97. The standard InChI is InChI=1S/C12H11BrFN3OS/c13-9-3-6(14)1-2-7(9)11-16-12(18-17-11)8-4-19-5-10(8)15/h1-3,8,10H,4-5,15H2. The summed E-state index contributed by atoms with van der Waals surface area (Å²) < 4.78 is 18.9. The molecule has 2 aromatic rings. The number of hydrogen-bond acceptors (Lipinski definition) is 5. The molecule has 19 heavy (non-hydrogen) atoms. The maximum absolute atomic E-state index is 13.1. The molecule has 2 unspecified atom stereocenters. The van der Waals surface area contributed by atoms with E-state index >= 15 is 0 Å². The molecule has 1 saturated heterocycles. The highest BCUT2D eigenvalue weighted by atomic mass is 79.9. The van der Waals surface area contributed by atoms with Crippen LogP contribution < -0.4 is 5.73 Å². The Morgan fingerprint density at radius 1 is 1.42 bits per heavy atom. The van der Waals surface area contributed by atoms with Crippen LogP contribution in [0.4, 0.5) is 4.39 Å². The predicted octanol–water partition coefficient (Wildman–Crippen LogP) is 2.80. The number of rotatable bonds is 2. The first kappa shape index (κ1) is 13.1. The number of halogens is 2. The zero-order valence-corrected chi connectivity index (χ0v) is 12.2. The normalized spacial score (nSPS) is 22.9. The molecule has 0 amide bonds. The number of nitrogens with zero attached hydrogens (tertiary/aromatic N) is 2. The molecule has 1 fully saturated rings. The fraction of sp³-hybridized carbons (Fsp3) is 0.333. The minimum Gasteiger partial charge on any atom is -0.339 e. The number of aromatic nitrogens is 2. The molecule has 3 rings (SSSR count). The minimum absolute atomic E-state index is 0.0509. The Labute approximate surface area is 122 Å². The highest BCUT2D eigenvalue weighted by Crippen LogP contribution is 2.33. The van der Waals surface area contributed by atoms with Crippen molar-refractivity contribution < 1.29 is 8.91 Å². The molecule has 0 spiro atoms. The molecule has 1 aliphatic heterocycles. The van der Waals surface area contributed by atoms with Crippen LogP contribution in [0.25, 0.3) is 11.4 Å². The van der Waals surface area contributed by atoms with Crippen LogP contribution in [0.2, 0.25) is 0 Å². The minimum atomic E-state index is -0.312. The van der Waals surface area contributed by atoms with Gasteiger partial charge in [0.1, 0.15) is 5.82 Å². The van der Waals surface area contributed by atoms with Gasteiger partial charge in [-0.15, -0.1) is 0 Å². The Morgan fingerprint density at radius 2 is 2.26 bits per heavy atom. The Hall–Kier alpha value is -0.920. The van der Waals surface area contributed by atoms with Crippen LogP contribution in [0.1, 0.15) is 11.8 Å². The van der Waals surface area contributed by atoms with E-state index in [4.69, 9.17) is 10.3 Å². The van der Waals surface area contributed by atoms with Crippen LogP contribution in [0.15, 0.2) is 27.2 Å². The molecule has 1 aromatic heterocycles. The van der Waals surface area contributed by atoms with Crippen molar-refractivity contribution in [3.63, 3.8) is 0 Å². The molecule has 0 radical (unpaired) electrons. The third-order valence-electron chi connectivity index (χ3n) is 3.06. The van der Waals surface area contributed by atoms with Crippen molar-refractivity contribution in [1.82, 2.24) is 10.1 Å². The van der Waals surface area contributed by atoms with Crippen LogP contribution in [0.3, 0.4) is 0 Å². The van der Waals surface area contributed by atoms with Crippen molar-refractivity contribution in [2.75, 3.05) is 11.5 Å². The molecule has 1 aromatic carbocycles. The van der Waals surface area contributed by atoms with E-state index in [1.165, 1.54) is 12.1 Å². The second-order valence-electron chi connectivity index (χ2n) is 4.39. The summed E-state index contributed by atoms with van der Waals surface area (Å²) in [5.41, 5.74) is 6.71. The van der Waals surface area contributed by atoms with E-state index < -0.39 is 0 Å². The predicted molar refractivity (Wildman–Crippen MR) is 75.4 cm³/mol. The number of benzene rings is 1. The summed E-state index contributed by atoms with van der Waals surface area (Å²) in [5, 5.41) is 3.95. The van der Waals surface area contributed by atoms with Gasteiger partial charge in [-0.2, -0.15) is 16.7 Å². The topological polar surface area (TPSA) is 64.9 Å². The third-order valence-corrected chi connectivity index (χ3v) is 4.93. The Bertz CT molecular complexity index is 606. The quantitative estimate of drug-likeness (QED) is 0.908. The van der Waals surface area contributed by atoms with E-state index in [1.54, 1.807) is 17.8 Å². The van der Waals surface area contributed by atoms with E-state index in [9.17, 15) is 4.39 Å². The van der Waals surface area contributed by atoms with Gasteiger partial charge in [0.05, 0.1) is 5.92 Å². The number of thioether (sulfide) groups is 1. The molecule has 2 atom stereocenters. The van der Waals surface area contributed by atoms with Crippen LogP contribution >= 0.6 is 27.7 Å². The number of hydrogen-bond donors (Lipinski definition) is 1. The first-order chi connectivity index (χ1) is 9.15. The molecule has 1 aliphatic rings. The Morgan fingerprint density at radius 3 is 2.95 bits per heavy atom. The molecule has 0 aliphatic carbocycles. The Kier molecular flexibility index (Phi) is 3.60. The van der Waals surface area contributed by atoms with E-state index in [2.05, 4.69) is 26.1 Å². The lowest BCUT2D eigenvalue weighted by Crippen LogP contribution is -2.26. The first-order valence-electron chi connectivity index (χ1n) is 5.77. The maximum atomic E-state index is 13.1. The smallest absolute Gasteiger partial charge is 0.232 e. The molecule has 0 saturated carbocycles. The van der Waals surface area contributed by atoms with Crippen molar-refractivity contribution >= 4 is 27.7 Å². The maximum Gasteiger partial charge on any atom is 0.232 e. The van der Waals surface area contributed by atoms with Gasteiger partial charge in [-0.3, -0.25) is 0 Å². The van der Waals surface area contributed by atoms with Crippen LogP contribution in [-0.2, 0) is 0 Å². The second kappa shape index (κ2) is 5.22. The van der Waals surface area contributed by atoms with E-state index in [0.717, 1.165) is 11.5 Å². The van der Waals surface area contributed by atoms with Gasteiger partial charge < -0.3 is 10.3 Å². The highest BCUT2D eigenvalue weighted by Gasteiger charge is 2.31. The summed E-state index contributed by atoms with van der Waals surface area (Å²) in [4.78, 5) is 4.38. The SMILES string of the molecule is NC1CSCC1c1nc(-c2ccc(F)cc2Br)no1. The van der Waals surface area contributed by atoms with Gasteiger partial charge in [-0.05, 0) is 34.1 Å². The zero-order valence-electron chi connectivity index (χ0n) is 9.85. The van der Waals surface area contributed by atoms with Crippen LogP contribution in [0.5, 0.6) is 0 Å². The van der Waals surface area contributed by atoms with Gasteiger partial charge in [-0.25, -0.2) is 4.39 Å². The summed E-state index contributed by atoms with van der Waals surface area (Å²) in [6.45, 7) is 0. The van der Waals surface area contributed by atoms with Crippen molar-refractivity contribution in [3.05, 3.63) is 34.4 Å². The lowest BCUT2D eigenvalue weighted by Gasteiger charge is -2.07. The molecular weight excluding hydrogens is 333 g/mol. The highest BCUT2D eigenvalue weighted by molar-refractivity contribution is 9.10. The van der Waals surface area contributed by atoms with Crippen molar-refractivity contribution in [2.24, 2.45) is 5.73 Å². The summed E-state index contributed by atoms with van der Waals surface area (Å²) in [5.74, 6) is 2.60. The fourth-order valence-corrected chi connectivity index (χ4v) is 3.80. The summed E-state index contributed by atoms with van der Waals surface area (Å²) in [7, 11) is 0. The second-order valence-corrected chi connectivity index (χ2v) is 6.32. The molecule has 100 valence electrons. The molecule has 2 N–H and O–H groups in total. The van der Waals surface area contributed by atoms with E-state index in [-0.39, 0.29) is 17.8 Å². The lowest BCUT2D eigenvalue weighted by molar-refractivity contribution is 0.352. The summed E-state index contributed by atoms with van der Waals surface area (Å²) in [6.07, 6.45) is 0. The molecule has 7 heteroatoms. The monoisotopic (exact) mass is 343 g/mol. The molecule has 4 nitrogen and oxygen atoms in total. The lowest BCUT2D eigenvalue weighted by atomic mass is 10.1. The zero-order chi connectivity index (χ0) is 13.4. The van der Waals surface area contributed by atoms with Crippen molar-refractivity contribution in [2.45, 2.75) is 12.0 Å². The van der Waals surface area contributed by atoms with Crippen molar-refractivity contribution in [3.8, 4) is 11.4 Å². The molecule has 2 heterocycles. The van der Waals surface area contributed by atoms with Crippen LogP contribution in [0, 0.1) is 5.82 Å². The molecular formula is C12H11BrFN3OS. The first-order valence-corrected chi connectivity index (χ1v) is 7.72. The van der Waals surface area contributed by atoms with Gasteiger partial charge in [0.25, 0.3) is 0 Å². The Balaban J connectivity index is 1.92. The summed E-state index contributed by atoms with van der Waals surface area (Å²) in [6, 6.07) is 4.42. The van der Waals surface area contributed by atoms with Gasteiger partial charge in [-0.1, -0.05) is 5.16 Å². The largest absolute Gasteiger partial charge is 0.339 e. The average molecular weight is 344 g/mol. The van der Waals surface area contributed by atoms with Gasteiger partial charge in [0, 0.05) is 27.6 Å². The van der Waals surface area contributed by atoms with Crippen molar-refractivity contribution in [1.29, 1.82) is 0 Å². The van der Waals surface area contributed by atoms with Gasteiger partial charge >= 0.3 is 0 Å². The van der Waals surface area contributed by atoms with Gasteiger partial charge in [0.2, 0.25) is 11.7 Å². The number of nitrogens with two attached hydrogens (primary N) is 1. The molecule has 0 bridgehead atoms. The van der Waals surface area contributed by atoms with E-state index in [0.29, 0.717) is 21.8 Å². The summed E-state index contributed by atoms with van der Waals surface area (Å²) >= 11 is 5.08. The van der Waals surface area contributed by atoms with Crippen LogP contribution in [-0.4, -0.2) is 27.7 Å².